The highest BCUT2D eigenvalue weighted by Gasteiger charge is 2.02. The van der Waals surface area contributed by atoms with Crippen LogP contribution in [0.25, 0.3) is 0 Å². The largest absolute Gasteiger partial charge is 0.493 e. The van der Waals surface area contributed by atoms with Crippen molar-refractivity contribution in [2.45, 2.75) is 13.3 Å². The Morgan fingerprint density at radius 1 is 1.44 bits per heavy atom. The van der Waals surface area contributed by atoms with Crippen LogP contribution in [0, 0.1) is 6.92 Å². The van der Waals surface area contributed by atoms with Gasteiger partial charge in [-0.15, -0.1) is 0 Å². The minimum atomic E-state index is 0.801. The van der Waals surface area contributed by atoms with Gasteiger partial charge in [0, 0.05) is 12.2 Å². The highest BCUT2D eigenvalue weighted by atomic mass is 16.5. The van der Waals surface area contributed by atoms with Crippen molar-refractivity contribution < 1.29 is 4.74 Å². The average Bonchev–Trinajstić information content (AvgIpc) is 2.24. The number of pyridine rings is 1. The smallest absolute Gasteiger partial charge is 0.160 e. The molecule has 0 spiro atoms. The predicted octanol–water partition coefficient (Wildman–Crippen LogP) is 1.76. The predicted molar refractivity (Wildman–Crippen MR) is 67.2 cm³/mol. The molecular formula is C12H21N3O. The first kappa shape index (κ1) is 12.8. The fourth-order valence-electron chi connectivity index (χ4n) is 1.47. The number of rotatable bonds is 6. The molecule has 0 aromatic carbocycles. The van der Waals surface area contributed by atoms with Gasteiger partial charge >= 0.3 is 0 Å². The Bertz CT molecular complexity index is 326. The van der Waals surface area contributed by atoms with Gasteiger partial charge in [0.2, 0.25) is 0 Å². The number of nitrogens with zero attached hydrogens (tertiary/aromatic N) is 2. The lowest BCUT2D eigenvalue weighted by atomic mass is 10.3. The van der Waals surface area contributed by atoms with E-state index in [9.17, 15) is 0 Å². The maximum atomic E-state index is 5.24. The van der Waals surface area contributed by atoms with E-state index < -0.39 is 0 Å². The zero-order valence-electron chi connectivity index (χ0n) is 10.6. The summed E-state index contributed by atoms with van der Waals surface area (Å²) in [5.41, 5.74) is 2.02. The maximum absolute atomic E-state index is 5.24. The third-order valence-corrected chi connectivity index (χ3v) is 2.32. The summed E-state index contributed by atoms with van der Waals surface area (Å²) in [7, 11) is 5.83. The Kier molecular flexibility index (Phi) is 5.05. The molecule has 0 aliphatic rings. The van der Waals surface area contributed by atoms with Crippen LogP contribution in [-0.2, 0) is 0 Å². The van der Waals surface area contributed by atoms with Gasteiger partial charge in [-0.3, -0.25) is 4.98 Å². The van der Waals surface area contributed by atoms with Crippen LogP contribution in [0.3, 0.4) is 0 Å². The minimum absolute atomic E-state index is 0.801. The van der Waals surface area contributed by atoms with Crippen LogP contribution in [-0.4, -0.2) is 44.2 Å². The van der Waals surface area contributed by atoms with E-state index in [0.29, 0.717) is 0 Å². The molecule has 1 aromatic rings. The zero-order chi connectivity index (χ0) is 12.0. The van der Waals surface area contributed by atoms with Gasteiger partial charge in [-0.1, -0.05) is 0 Å². The summed E-state index contributed by atoms with van der Waals surface area (Å²) >= 11 is 0. The lowest BCUT2D eigenvalue weighted by molar-refractivity contribution is 0.403. The Hall–Kier alpha value is -1.29. The number of ether oxygens (including phenoxy) is 1. The summed E-state index contributed by atoms with van der Waals surface area (Å²) in [6.07, 6.45) is 2.86. The summed E-state index contributed by atoms with van der Waals surface area (Å²) in [5, 5.41) is 3.37. The Morgan fingerprint density at radius 3 is 2.81 bits per heavy atom. The van der Waals surface area contributed by atoms with Crippen LogP contribution < -0.4 is 10.1 Å². The van der Waals surface area contributed by atoms with Crippen LogP contribution in [0.2, 0.25) is 0 Å². The van der Waals surface area contributed by atoms with Crippen molar-refractivity contribution in [3.63, 3.8) is 0 Å². The van der Waals surface area contributed by atoms with Gasteiger partial charge in [0.05, 0.1) is 19.0 Å². The maximum Gasteiger partial charge on any atom is 0.160 e. The fourth-order valence-corrected chi connectivity index (χ4v) is 1.47. The topological polar surface area (TPSA) is 37.4 Å². The van der Waals surface area contributed by atoms with Crippen molar-refractivity contribution in [3.8, 4) is 5.75 Å². The van der Waals surface area contributed by atoms with Gasteiger partial charge in [-0.05, 0) is 40.1 Å². The highest BCUT2D eigenvalue weighted by Crippen LogP contribution is 2.23. The molecule has 1 heterocycles. The van der Waals surface area contributed by atoms with Crippen molar-refractivity contribution >= 4 is 5.69 Å². The van der Waals surface area contributed by atoms with E-state index in [-0.39, 0.29) is 0 Å². The number of aromatic nitrogens is 1. The molecule has 90 valence electrons. The zero-order valence-corrected chi connectivity index (χ0v) is 10.6. The standard InChI is InChI=1S/C12H21N3O/c1-10-8-11(12(16-4)9-14-10)13-6-5-7-15(2)3/h8-9H,5-7H2,1-4H3,(H,13,14). The summed E-state index contributed by atoms with van der Waals surface area (Å²) < 4.78 is 5.24. The van der Waals surface area contributed by atoms with Gasteiger partial charge in [0.15, 0.2) is 5.75 Å². The van der Waals surface area contributed by atoms with E-state index >= 15 is 0 Å². The Morgan fingerprint density at radius 2 is 2.19 bits per heavy atom. The van der Waals surface area contributed by atoms with Gasteiger partial charge in [0.1, 0.15) is 0 Å². The molecule has 0 aliphatic carbocycles. The minimum Gasteiger partial charge on any atom is -0.493 e. The van der Waals surface area contributed by atoms with Crippen LogP contribution in [0.15, 0.2) is 12.3 Å². The normalized spacial score (nSPS) is 10.6. The fraction of sp³-hybridized carbons (Fsp3) is 0.583. The molecule has 16 heavy (non-hydrogen) atoms. The number of aryl methyl sites for hydroxylation is 1. The quantitative estimate of drug-likeness (QED) is 0.746. The first-order valence-corrected chi connectivity index (χ1v) is 5.52. The third kappa shape index (κ3) is 4.06. The number of nitrogens with one attached hydrogen (secondary N) is 1. The molecule has 0 saturated carbocycles. The van der Waals surface area contributed by atoms with E-state index in [0.717, 1.165) is 36.6 Å². The summed E-state index contributed by atoms with van der Waals surface area (Å²) in [6, 6.07) is 2.01. The van der Waals surface area contributed by atoms with Crippen LogP contribution >= 0.6 is 0 Å². The molecule has 0 atom stereocenters. The highest BCUT2D eigenvalue weighted by molar-refractivity contribution is 5.55. The van der Waals surface area contributed by atoms with Crippen molar-refractivity contribution in [2.24, 2.45) is 0 Å². The second kappa shape index (κ2) is 6.33. The third-order valence-electron chi connectivity index (χ3n) is 2.32. The van der Waals surface area contributed by atoms with Crippen LogP contribution in [0.4, 0.5) is 5.69 Å². The van der Waals surface area contributed by atoms with Crippen molar-refractivity contribution in [1.82, 2.24) is 9.88 Å². The molecule has 1 rings (SSSR count). The average molecular weight is 223 g/mol. The van der Waals surface area contributed by atoms with Crippen LogP contribution in [0.5, 0.6) is 5.75 Å². The van der Waals surface area contributed by atoms with Gasteiger partial charge < -0.3 is 15.0 Å². The summed E-state index contributed by atoms with van der Waals surface area (Å²) in [5.74, 6) is 0.801. The number of anilines is 1. The molecule has 4 heteroatoms. The molecule has 0 radical (unpaired) electrons. The molecular weight excluding hydrogens is 202 g/mol. The molecule has 0 aliphatic heterocycles. The summed E-state index contributed by atoms with van der Waals surface area (Å²) in [6.45, 7) is 4.00. The molecule has 0 unspecified atom stereocenters. The molecule has 1 aromatic heterocycles. The van der Waals surface area contributed by atoms with Gasteiger partial charge in [-0.25, -0.2) is 0 Å². The molecule has 0 fully saturated rings. The van der Waals surface area contributed by atoms with Crippen molar-refractivity contribution in [1.29, 1.82) is 0 Å². The SMILES string of the molecule is COc1cnc(C)cc1NCCCN(C)C. The van der Waals surface area contributed by atoms with E-state index in [2.05, 4.69) is 29.3 Å². The van der Waals surface area contributed by atoms with E-state index in [1.54, 1.807) is 13.3 Å². The lowest BCUT2D eigenvalue weighted by Crippen LogP contribution is -2.16. The molecule has 0 amide bonds. The molecule has 0 bridgehead atoms. The number of hydrogen-bond donors (Lipinski definition) is 1. The number of hydrogen-bond acceptors (Lipinski definition) is 4. The van der Waals surface area contributed by atoms with Crippen LogP contribution in [0.1, 0.15) is 12.1 Å². The second-order valence-electron chi connectivity index (χ2n) is 4.11. The lowest BCUT2D eigenvalue weighted by Gasteiger charge is -2.13. The Balaban J connectivity index is 2.48. The Labute approximate surface area is 97.6 Å². The first-order chi connectivity index (χ1) is 7.63. The van der Waals surface area contributed by atoms with Gasteiger partial charge in [0.25, 0.3) is 0 Å². The second-order valence-corrected chi connectivity index (χ2v) is 4.11. The molecule has 4 nitrogen and oxygen atoms in total. The summed E-state index contributed by atoms with van der Waals surface area (Å²) in [4.78, 5) is 6.37. The van der Waals surface area contributed by atoms with Crippen molar-refractivity contribution in [3.05, 3.63) is 18.0 Å². The van der Waals surface area contributed by atoms with Crippen molar-refractivity contribution in [2.75, 3.05) is 39.6 Å². The monoisotopic (exact) mass is 223 g/mol. The number of methoxy groups -OCH3 is 1. The molecule has 0 saturated heterocycles. The molecule has 1 N–H and O–H groups in total. The van der Waals surface area contributed by atoms with Gasteiger partial charge in [-0.2, -0.15) is 0 Å². The first-order valence-electron chi connectivity index (χ1n) is 5.52. The van der Waals surface area contributed by atoms with E-state index in [1.165, 1.54) is 0 Å². The van der Waals surface area contributed by atoms with E-state index in [4.69, 9.17) is 4.74 Å². The van der Waals surface area contributed by atoms with E-state index in [1.807, 2.05) is 13.0 Å².